The second-order valence-corrected chi connectivity index (χ2v) is 4.56. The van der Waals surface area contributed by atoms with Crippen LogP contribution in [-0.2, 0) is 0 Å². The van der Waals surface area contributed by atoms with E-state index >= 15 is 0 Å². The van der Waals surface area contributed by atoms with E-state index in [1.54, 1.807) is 0 Å². The number of benzene rings is 1. The molecule has 78 valence electrons. The van der Waals surface area contributed by atoms with E-state index in [4.69, 9.17) is 0 Å². The molecule has 0 amide bonds. The molecule has 0 saturated heterocycles. The first kappa shape index (κ1) is 11.8. The van der Waals surface area contributed by atoms with Gasteiger partial charge in [0.1, 0.15) is 0 Å². The molecule has 0 N–H and O–H groups in total. The number of alkyl halides is 1. The Morgan fingerprint density at radius 2 is 2.14 bits per heavy atom. The summed E-state index contributed by atoms with van der Waals surface area (Å²) in [5, 5.41) is 1.08. The number of unbranched alkanes of at least 4 members (excludes halogenated alkanes) is 1. The quantitative estimate of drug-likeness (QED) is 0.671. The number of hydrogen-bond acceptors (Lipinski definition) is 0. The van der Waals surface area contributed by atoms with Crippen molar-refractivity contribution in [3.63, 3.8) is 0 Å². The lowest BCUT2D eigenvalue weighted by Crippen LogP contribution is -2.00. The van der Waals surface area contributed by atoms with Crippen LogP contribution in [0.1, 0.15) is 43.2 Å². The molecule has 0 fully saturated rings. The Morgan fingerprint density at radius 3 is 2.71 bits per heavy atom. The predicted molar refractivity (Wildman–Crippen MR) is 67.2 cm³/mol. The van der Waals surface area contributed by atoms with Gasteiger partial charge in [0.15, 0.2) is 0 Å². The van der Waals surface area contributed by atoms with E-state index in [9.17, 15) is 0 Å². The first-order valence-corrected chi connectivity index (χ1v) is 6.52. The highest BCUT2D eigenvalue weighted by Crippen LogP contribution is 2.24. The van der Waals surface area contributed by atoms with Gasteiger partial charge in [-0.25, -0.2) is 0 Å². The molecular formula is C13H19Br. The Balaban J connectivity index is 2.68. The van der Waals surface area contributed by atoms with Crippen LogP contribution in [0.2, 0.25) is 0 Å². The number of halogens is 1. The van der Waals surface area contributed by atoms with Crippen LogP contribution in [0.4, 0.5) is 0 Å². The van der Waals surface area contributed by atoms with Gasteiger partial charge in [0.2, 0.25) is 0 Å². The molecule has 0 radical (unpaired) electrons. The van der Waals surface area contributed by atoms with E-state index in [0.717, 1.165) is 5.33 Å². The molecule has 0 bridgehead atoms. The first-order valence-electron chi connectivity index (χ1n) is 5.40. The Hall–Kier alpha value is -0.300. The Morgan fingerprint density at radius 1 is 1.36 bits per heavy atom. The summed E-state index contributed by atoms with van der Waals surface area (Å²) >= 11 is 3.61. The summed E-state index contributed by atoms with van der Waals surface area (Å²) in [5.41, 5.74) is 2.85. The van der Waals surface area contributed by atoms with Crippen LogP contribution in [0.15, 0.2) is 24.3 Å². The van der Waals surface area contributed by atoms with E-state index < -0.39 is 0 Å². The first-order chi connectivity index (χ1) is 6.77. The van der Waals surface area contributed by atoms with Gasteiger partial charge in [0.05, 0.1) is 0 Å². The van der Waals surface area contributed by atoms with Gasteiger partial charge in [-0.05, 0) is 24.8 Å². The van der Waals surface area contributed by atoms with Gasteiger partial charge in [-0.1, -0.05) is 65.5 Å². The molecule has 0 nitrogen and oxygen atoms in total. The average Bonchev–Trinajstić information content (AvgIpc) is 2.19. The minimum Gasteiger partial charge on any atom is -0.0921 e. The monoisotopic (exact) mass is 254 g/mol. The minimum atomic E-state index is 0.690. The lowest BCUT2D eigenvalue weighted by atomic mass is 9.94. The molecule has 1 rings (SSSR count). The molecular weight excluding hydrogens is 236 g/mol. The van der Waals surface area contributed by atoms with Crippen LogP contribution in [0, 0.1) is 6.92 Å². The topological polar surface area (TPSA) is 0 Å². The van der Waals surface area contributed by atoms with Gasteiger partial charge in [0.25, 0.3) is 0 Å². The normalized spacial score (nSPS) is 12.8. The Kier molecular flexibility index (Phi) is 5.24. The van der Waals surface area contributed by atoms with Gasteiger partial charge in [0, 0.05) is 5.33 Å². The summed E-state index contributed by atoms with van der Waals surface area (Å²) in [6, 6.07) is 8.87. The summed E-state index contributed by atoms with van der Waals surface area (Å²) in [6.45, 7) is 4.41. The molecule has 0 aliphatic carbocycles. The van der Waals surface area contributed by atoms with Gasteiger partial charge in [-0.15, -0.1) is 0 Å². The number of aryl methyl sites for hydroxylation is 1. The smallest absolute Gasteiger partial charge is 0.0100 e. The number of hydrogen-bond donors (Lipinski definition) is 0. The third-order valence-corrected chi connectivity index (χ3v) is 3.39. The minimum absolute atomic E-state index is 0.690. The molecule has 0 aliphatic rings. The third-order valence-electron chi connectivity index (χ3n) is 2.61. The Labute approximate surface area is 95.9 Å². The van der Waals surface area contributed by atoms with E-state index in [0.29, 0.717) is 5.92 Å². The zero-order valence-electron chi connectivity index (χ0n) is 9.09. The maximum Gasteiger partial charge on any atom is 0.0100 e. The molecule has 0 heterocycles. The highest BCUT2D eigenvalue weighted by Gasteiger charge is 2.08. The maximum atomic E-state index is 3.61. The fraction of sp³-hybridized carbons (Fsp3) is 0.538. The second-order valence-electron chi connectivity index (χ2n) is 3.91. The fourth-order valence-electron chi connectivity index (χ4n) is 1.71. The van der Waals surface area contributed by atoms with Crippen molar-refractivity contribution in [2.45, 2.75) is 39.0 Å². The van der Waals surface area contributed by atoms with Crippen LogP contribution >= 0.6 is 15.9 Å². The Bertz CT molecular complexity index is 268. The predicted octanol–water partition coefficient (Wildman–Crippen LogP) is 4.66. The molecule has 1 unspecified atom stereocenters. The molecule has 0 saturated carbocycles. The van der Waals surface area contributed by atoms with Gasteiger partial charge in [-0.3, -0.25) is 0 Å². The van der Waals surface area contributed by atoms with Crippen molar-refractivity contribution in [1.82, 2.24) is 0 Å². The SMILES string of the molecule is CCCCC(CBr)c1cccc(C)c1. The lowest BCUT2D eigenvalue weighted by Gasteiger charge is -2.14. The van der Waals surface area contributed by atoms with Crippen molar-refractivity contribution in [3.05, 3.63) is 35.4 Å². The van der Waals surface area contributed by atoms with Crippen LogP contribution < -0.4 is 0 Å². The molecule has 1 aromatic rings. The zero-order chi connectivity index (χ0) is 10.4. The van der Waals surface area contributed by atoms with Crippen molar-refractivity contribution in [2.24, 2.45) is 0 Å². The van der Waals surface area contributed by atoms with Crippen LogP contribution in [0.25, 0.3) is 0 Å². The highest BCUT2D eigenvalue weighted by atomic mass is 79.9. The summed E-state index contributed by atoms with van der Waals surface area (Å²) in [5.74, 6) is 0.690. The van der Waals surface area contributed by atoms with Crippen molar-refractivity contribution in [3.8, 4) is 0 Å². The van der Waals surface area contributed by atoms with E-state index in [1.165, 1.54) is 30.4 Å². The number of rotatable bonds is 5. The van der Waals surface area contributed by atoms with Crippen molar-refractivity contribution >= 4 is 15.9 Å². The standard InChI is InChI=1S/C13H19Br/c1-3-4-7-13(10-14)12-8-5-6-11(2)9-12/h5-6,8-9,13H,3-4,7,10H2,1-2H3. The molecule has 0 spiro atoms. The molecule has 1 aromatic carbocycles. The highest BCUT2D eigenvalue weighted by molar-refractivity contribution is 9.09. The third kappa shape index (κ3) is 3.45. The summed E-state index contributed by atoms with van der Waals surface area (Å²) < 4.78 is 0. The zero-order valence-corrected chi connectivity index (χ0v) is 10.7. The second kappa shape index (κ2) is 6.23. The summed E-state index contributed by atoms with van der Waals surface area (Å²) in [4.78, 5) is 0. The van der Waals surface area contributed by atoms with Gasteiger partial charge < -0.3 is 0 Å². The lowest BCUT2D eigenvalue weighted by molar-refractivity contribution is 0.633. The van der Waals surface area contributed by atoms with E-state index in [-0.39, 0.29) is 0 Å². The maximum absolute atomic E-state index is 3.61. The molecule has 14 heavy (non-hydrogen) atoms. The molecule has 0 aromatic heterocycles. The molecule has 1 heteroatoms. The summed E-state index contributed by atoms with van der Waals surface area (Å²) in [7, 11) is 0. The van der Waals surface area contributed by atoms with E-state index in [1.807, 2.05) is 0 Å². The van der Waals surface area contributed by atoms with Crippen LogP contribution in [0.5, 0.6) is 0 Å². The average molecular weight is 255 g/mol. The van der Waals surface area contributed by atoms with Crippen molar-refractivity contribution in [2.75, 3.05) is 5.33 Å². The largest absolute Gasteiger partial charge is 0.0921 e. The summed E-state index contributed by atoms with van der Waals surface area (Å²) in [6.07, 6.45) is 3.91. The fourth-order valence-corrected chi connectivity index (χ4v) is 2.41. The van der Waals surface area contributed by atoms with Crippen LogP contribution in [0.3, 0.4) is 0 Å². The van der Waals surface area contributed by atoms with E-state index in [2.05, 4.69) is 54.0 Å². The van der Waals surface area contributed by atoms with Crippen molar-refractivity contribution in [1.29, 1.82) is 0 Å². The van der Waals surface area contributed by atoms with Crippen LogP contribution in [-0.4, -0.2) is 5.33 Å². The van der Waals surface area contributed by atoms with Crippen molar-refractivity contribution < 1.29 is 0 Å². The molecule has 1 atom stereocenters. The molecule has 0 aliphatic heterocycles. The van der Waals surface area contributed by atoms with Gasteiger partial charge in [-0.2, -0.15) is 0 Å². The van der Waals surface area contributed by atoms with Gasteiger partial charge >= 0.3 is 0 Å².